The van der Waals surface area contributed by atoms with E-state index in [0.717, 1.165) is 36.4 Å². The zero-order valence-electron chi connectivity index (χ0n) is 16.9. The quantitative estimate of drug-likeness (QED) is 0.648. The van der Waals surface area contributed by atoms with Gasteiger partial charge >= 0.3 is 0 Å². The highest BCUT2D eigenvalue weighted by molar-refractivity contribution is 5.53. The zero-order chi connectivity index (χ0) is 19.2. The van der Waals surface area contributed by atoms with Crippen LogP contribution in [0.4, 0.5) is 0 Å². The molecule has 0 spiro atoms. The lowest BCUT2D eigenvalue weighted by atomic mass is 9.95. The van der Waals surface area contributed by atoms with E-state index in [1.54, 1.807) is 7.11 Å². The fraction of sp³-hybridized carbons (Fsp3) is 0.417. The third-order valence-electron chi connectivity index (χ3n) is 5.06. The van der Waals surface area contributed by atoms with Crippen LogP contribution in [0.15, 0.2) is 54.1 Å². The minimum Gasteiger partial charge on any atom is -0.493 e. The lowest BCUT2D eigenvalue weighted by Gasteiger charge is -2.20. The molecule has 0 fully saturated rings. The Balaban J connectivity index is 1.88. The Hall–Kier alpha value is -2.26. The molecular weight excluding hydrogens is 334 g/mol. The van der Waals surface area contributed by atoms with Gasteiger partial charge in [-0.25, -0.2) is 0 Å². The van der Waals surface area contributed by atoms with Crippen LogP contribution >= 0.6 is 0 Å². The fourth-order valence-corrected chi connectivity index (χ4v) is 3.79. The number of ether oxygens (including phenoxy) is 2. The highest BCUT2D eigenvalue weighted by Crippen LogP contribution is 2.42. The van der Waals surface area contributed by atoms with Crippen LogP contribution in [0, 0.1) is 0 Å². The summed E-state index contributed by atoms with van der Waals surface area (Å²) in [7, 11) is 1.71. The van der Waals surface area contributed by atoms with Gasteiger partial charge in [0.25, 0.3) is 0 Å². The smallest absolute Gasteiger partial charge is 0.161 e. The molecule has 3 rings (SSSR count). The van der Waals surface area contributed by atoms with Crippen molar-refractivity contribution in [1.29, 1.82) is 0 Å². The van der Waals surface area contributed by atoms with Crippen LogP contribution in [-0.2, 0) is 13.0 Å². The van der Waals surface area contributed by atoms with Crippen molar-refractivity contribution in [3.8, 4) is 11.5 Å². The summed E-state index contributed by atoms with van der Waals surface area (Å²) in [6, 6.07) is 15.0. The predicted molar refractivity (Wildman–Crippen MR) is 112 cm³/mol. The van der Waals surface area contributed by atoms with E-state index in [2.05, 4.69) is 56.4 Å². The van der Waals surface area contributed by atoms with Gasteiger partial charge in [-0.1, -0.05) is 48.9 Å². The van der Waals surface area contributed by atoms with Crippen molar-refractivity contribution < 1.29 is 9.47 Å². The van der Waals surface area contributed by atoms with Crippen LogP contribution in [0.2, 0.25) is 0 Å². The van der Waals surface area contributed by atoms with Gasteiger partial charge in [0.05, 0.1) is 7.11 Å². The Morgan fingerprint density at radius 2 is 1.93 bits per heavy atom. The number of allylic oxidation sites excluding steroid dienone is 1. The molecule has 0 saturated heterocycles. The molecule has 3 nitrogen and oxygen atoms in total. The van der Waals surface area contributed by atoms with Crippen LogP contribution in [0.1, 0.15) is 49.8 Å². The highest BCUT2D eigenvalue weighted by atomic mass is 16.5. The molecule has 3 heteroatoms. The molecule has 0 aromatic heterocycles. The molecule has 2 aromatic carbocycles. The number of benzene rings is 2. The maximum Gasteiger partial charge on any atom is 0.161 e. The minimum atomic E-state index is 0.376. The number of rotatable bonds is 8. The maximum absolute atomic E-state index is 6.14. The summed E-state index contributed by atoms with van der Waals surface area (Å²) in [4.78, 5) is 0. The first-order valence-corrected chi connectivity index (χ1v) is 9.88. The van der Waals surface area contributed by atoms with E-state index in [9.17, 15) is 0 Å². The Bertz CT molecular complexity index is 778. The first-order chi connectivity index (χ1) is 13.1. The molecule has 0 bridgehead atoms. The largest absolute Gasteiger partial charge is 0.493 e. The number of hydrogen-bond donors (Lipinski definition) is 1. The van der Waals surface area contributed by atoms with Crippen LogP contribution < -0.4 is 14.8 Å². The van der Waals surface area contributed by atoms with Gasteiger partial charge in [0.15, 0.2) is 11.5 Å². The molecular formula is C24H31NO2. The molecule has 144 valence electrons. The van der Waals surface area contributed by atoms with Crippen molar-refractivity contribution in [2.75, 3.05) is 13.7 Å². The molecule has 0 amide bonds. The van der Waals surface area contributed by atoms with E-state index in [-0.39, 0.29) is 0 Å². The number of fused-ring (bicyclic) bond motifs is 1. The van der Waals surface area contributed by atoms with Crippen LogP contribution in [0.5, 0.6) is 11.5 Å². The number of methoxy groups -OCH3 is 1. The molecule has 2 atom stereocenters. The Labute approximate surface area is 163 Å². The molecule has 27 heavy (non-hydrogen) atoms. The summed E-state index contributed by atoms with van der Waals surface area (Å²) in [5.41, 5.74) is 5.21. The SMILES string of the molecule is CCCN[C@@H]1Cc2cc(OC)c(OCc3ccccc3)cc2[C@@H]1C=C(C)C. The lowest BCUT2D eigenvalue weighted by molar-refractivity contribution is 0.284. The van der Waals surface area contributed by atoms with Gasteiger partial charge in [-0.2, -0.15) is 0 Å². The maximum atomic E-state index is 6.14. The molecule has 1 aliphatic rings. The molecule has 0 aliphatic heterocycles. The van der Waals surface area contributed by atoms with Gasteiger partial charge in [-0.15, -0.1) is 0 Å². The van der Waals surface area contributed by atoms with Gasteiger partial charge in [0.1, 0.15) is 6.61 Å². The highest BCUT2D eigenvalue weighted by Gasteiger charge is 2.32. The van der Waals surface area contributed by atoms with Gasteiger partial charge < -0.3 is 14.8 Å². The molecule has 0 heterocycles. The van der Waals surface area contributed by atoms with E-state index in [0.29, 0.717) is 18.6 Å². The second-order valence-corrected chi connectivity index (χ2v) is 7.51. The van der Waals surface area contributed by atoms with E-state index in [1.807, 2.05) is 18.2 Å². The zero-order valence-corrected chi connectivity index (χ0v) is 16.9. The minimum absolute atomic E-state index is 0.376. The van der Waals surface area contributed by atoms with Crippen LogP contribution in [-0.4, -0.2) is 19.7 Å². The summed E-state index contributed by atoms with van der Waals surface area (Å²) in [5.74, 6) is 2.02. The monoisotopic (exact) mass is 365 g/mol. The van der Waals surface area contributed by atoms with Crippen LogP contribution in [0.3, 0.4) is 0 Å². The Morgan fingerprint density at radius 3 is 2.59 bits per heavy atom. The molecule has 1 N–H and O–H groups in total. The number of hydrogen-bond acceptors (Lipinski definition) is 3. The summed E-state index contributed by atoms with van der Waals surface area (Å²) in [5, 5.41) is 3.72. The summed E-state index contributed by atoms with van der Waals surface area (Å²) >= 11 is 0. The van der Waals surface area contributed by atoms with Gasteiger partial charge in [-0.05, 0) is 62.1 Å². The first kappa shape index (κ1) is 19.5. The average molecular weight is 366 g/mol. The summed E-state index contributed by atoms with van der Waals surface area (Å²) < 4.78 is 11.8. The van der Waals surface area contributed by atoms with Crippen molar-refractivity contribution in [2.45, 2.75) is 52.2 Å². The molecule has 0 radical (unpaired) electrons. The number of nitrogens with one attached hydrogen (secondary N) is 1. The third-order valence-corrected chi connectivity index (χ3v) is 5.06. The lowest BCUT2D eigenvalue weighted by Crippen LogP contribution is -2.32. The van der Waals surface area contributed by atoms with Crippen molar-refractivity contribution >= 4 is 0 Å². The molecule has 0 saturated carbocycles. The second-order valence-electron chi connectivity index (χ2n) is 7.51. The molecule has 0 unspecified atom stereocenters. The van der Waals surface area contributed by atoms with E-state index in [1.165, 1.54) is 16.7 Å². The Kier molecular flexibility index (Phi) is 6.57. The van der Waals surface area contributed by atoms with E-state index >= 15 is 0 Å². The first-order valence-electron chi connectivity index (χ1n) is 9.88. The van der Waals surface area contributed by atoms with Gasteiger partial charge in [0.2, 0.25) is 0 Å². The van der Waals surface area contributed by atoms with Crippen molar-refractivity contribution in [1.82, 2.24) is 5.32 Å². The van der Waals surface area contributed by atoms with Crippen molar-refractivity contribution in [3.63, 3.8) is 0 Å². The third kappa shape index (κ3) is 4.72. The second kappa shape index (κ2) is 9.09. The fourth-order valence-electron chi connectivity index (χ4n) is 3.79. The molecule has 1 aliphatic carbocycles. The summed E-state index contributed by atoms with van der Waals surface area (Å²) in [6.07, 6.45) is 4.55. The molecule has 2 aromatic rings. The van der Waals surface area contributed by atoms with Gasteiger partial charge in [-0.3, -0.25) is 0 Å². The standard InChI is InChI=1S/C24H31NO2/c1-5-11-25-22-13-19-14-23(26-4)24(15-20(19)21(22)12-17(2)3)27-16-18-9-7-6-8-10-18/h6-10,12,14-15,21-22,25H,5,11,13,16H2,1-4H3/t21-,22+/m0/s1. The van der Waals surface area contributed by atoms with Crippen LogP contribution in [0.25, 0.3) is 0 Å². The van der Waals surface area contributed by atoms with Crippen molar-refractivity contribution in [2.24, 2.45) is 0 Å². The topological polar surface area (TPSA) is 30.5 Å². The normalized spacial score (nSPS) is 18.1. The predicted octanol–water partition coefficient (Wildman–Crippen LogP) is 5.25. The summed E-state index contributed by atoms with van der Waals surface area (Å²) in [6.45, 7) is 8.14. The van der Waals surface area contributed by atoms with E-state index < -0.39 is 0 Å². The van der Waals surface area contributed by atoms with E-state index in [4.69, 9.17) is 9.47 Å². The van der Waals surface area contributed by atoms with Gasteiger partial charge in [0, 0.05) is 12.0 Å². The average Bonchev–Trinajstić information content (AvgIpc) is 3.00. The Morgan fingerprint density at radius 1 is 1.15 bits per heavy atom. The van der Waals surface area contributed by atoms with Crippen molar-refractivity contribution in [3.05, 3.63) is 70.8 Å².